The quantitative estimate of drug-likeness (QED) is 0.0465. The number of halogens is 8. The lowest BCUT2D eigenvalue weighted by Gasteiger charge is -2.18. The Balaban J connectivity index is -0.000000104. The van der Waals surface area contributed by atoms with Crippen LogP contribution in [0.5, 0.6) is 0 Å². The number of hydrogen-bond acceptors (Lipinski definition) is 0. The Morgan fingerprint density at radius 2 is 0.364 bits per heavy atom. The van der Waals surface area contributed by atoms with Gasteiger partial charge < -0.3 is 0 Å². The van der Waals surface area contributed by atoms with Gasteiger partial charge in [-0.1, -0.05) is 451 Å². The summed E-state index contributed by atoms with van der Waals surface area (Å²) in [6.45, 7) is 111. The molecule has 0 fully saturated rings. The van der Waals surface area contributed by atoms with Gasteiger partial charge in [0, 0.05) is 23.7 Å². The topological polar surface area (TPSA) is 0 Å². The van der Waals surface area contributed by atoms with Gasteiger partial charge in [-0.05, 0) is 210 Å². The summed E-state index contributed by atoms with van der Waals surface area (Å²) < 4.78 is 104. The fourth-order valence-electron chi connectivity index (χ4n) is 7.19. The third-order valence-corrected chi connectivity index (χ3v) is 17.8. The van der Waals surface area contributed by atoms with Gasteiger partial charge in [-0.3, -0.25) is 0 Å². The molecule has 0 unspecified atom stereocenters. The van der Waals surface area contributed by atoms with E-state index in [9.17, 15) is 35.1 Å². The Morgan fingerprint density at radius 3 is 0.483 bits per heavy atom. The van der Waals surface area contributed by atoms with Gasteiger partial charge in [0.25, 0.3) is 23.7 Å². The van der Waals surface area contributed by atoms with E-state index in [1.807, 2.05) is 55.4 Å². The summed E-state index contributed by atoms with van der Waals surface area (Å²) in [5.74, 6) is -0.551. The molecule has 0 amide bonds. The number of allylic oxidation sites excluding steroid dienone is 24. The average molecular weight is 1690 g/mol. The molecule has 0 aliphatic carbocycles. The first-order valence-corrected chi connectivity index (χ1v) is 46.6. The second-order valence-corrected chi connectivity index (χ2v) is 41.0. The van der Waals surface area contributed by atoms with E-state index in [0.717, 1.165) is 71.0 Å². The van der Waals surface area contributed by atoms with Crippen molar-refractivity contribution in [2.75, 3.05) is 0 Å². The minimum absolute atomic E-state index is 0.194. The summed E-state index contributed by atoms with van der Waals surface area (Å²) in [7, 11) is 0. The van der Waals surface area contributed by atoms with Crippen LogP contribution in [-0.2, 0) is 0 Å². The normalized spacial score (nSPS) is 13.4. The third-order valence-electron chi connectivity index (χ3n) is 17.8. The molecular formula is C110H212F8. The molecule has 0 saturated heterocycles. The summed E-state index contributed by atoms with van der Waals surface area (Å²) in [6, 6.07) is 0. The second-order valence-electron chi connectivity index (χ2n) is 41.0. The minimum Gasteiger partial charge on any atom is -0.202 e. The van der Waals surface area contributed by atoms with Crippen molar-refractivity contribution in [1.82, 2.24) is 0 Å². The SMILES string of the molecule is C/C(=C/C(C)C)C(C)C.C/C(=C/C(F)(F)C(C)C)C(C)C.C/C(=C/CC(C)C)C(C)C.C/C(=C\C(C)C)C(C)C.C/C(=C\C(F)(F)C(C)C)C(C)C.C/C(=C\CC(C)C)C(C)C.CC(C)/C=C/C(C)C.CC(C)/C=C/C(F)(F)C(C)C.CC(C)/C=C/CC(C)C.CC(C)/C=C\C(C)C.CC(C)/C=C\C(F)(F)C(C)C.CC(C)/C=C\CC(C)C. The Morgan fingerprint density at radius 1 is 0.195 bits per heavy atom. The van der Waals surface area contributed by atoms with Gasteiger partial charge in [-0.15, -0.1) is 0 Å². The fraction of sp³-hybridized carbons (Fsp3) is 0.782. The maximum atomic E-state index is 13.1. The summed E-state index contributed by atoms with van der Waals surface area (Å²) in [5.41, 5.74) is 7.57. The Labute approximate surface area is 739 Å². The highest BCUT2D eigenvalue weighted by Gasteiger charge is 2.32. The van der Waals surface area contributed by atoms with Crippen molar-refractivity contribution >= 4 is 0 Å². The van der Waals surface area contributed by atoms with Gasteiger partial charge >= 0.3 is 0 Å². The van der Waals surface area contributed by atoms with Crippen molar-refractivity contribution < 1.29 is 35.1 Å². The van der Waals surface area contributed by atoms with Gasteiger partial charge in [0.15, 0.2) is 0 Å². The van der Waals surface area contributed by atoms with Crippen LogP contribution in [0.25, 0.3) is 0 Å². The zero-order chi connectivity index (χ0) is 96.9. The molecule has 118 heavy (non-hydrogen) atoms. The molecule has 708 valence electrons. The predicted molar refractivity (Wildman–Crippen MR) is 532 cm³/mol. The average Bonchev–Trinajstić information content (AvgIpc) is 0.894. The summed E-state index contributed by atoms with van der Waals surface area (Å²) in [4.78, 5) is 0. The van der Waals surface area contributed by atoms with E-state index in [2.05, 4.69) is 322 Å². The van der Waals surface area contributed by atoms with Crippen LogP contribution in [-0.4, -0.2) is 23.7 Å². The molecule has 0 rings (SSSR count). The van der Waals surface area contributed by atoms with Crippen LogP contribution in [0.2, 0.25) is 0 Å². The highest BCUT2D eigenvalue weighted by molar-refractivity contribution is 5.10. The van der Waals surface area contributed by atoms with E-state index in [4.69, 9.17) is 0 Å². The molecule has 0 bridgehead atoms. The first-order chi connectivity index (χ1) is 52.9. The molecule has 8 heteroatoms. The van der Waals surface area contributed by atoms with E-state index in [1.165, 1.54) is 103 Å². The lowest BCUT2D eigenvalue weighted by Crippen LogP contribution is -2.21. The van der Waals surface area contributed by atoms with Crippen LogP contribution in [0.4, 0.5) is 35.1 Å². The third kappa shape index (κ3) is 123. The largest absolute Gasteiger partial charge is 0.268 e. The minimum atomic E-state index is -2.66. The van der Waals surface area contributed by atoms with Crippen LogP contribution < -0.4 is 0 Å². The van der Waals surface area contributed by atoms with Crippen molar-refractivity contribution in [3.8, 4) is 0 Å². The van der Waals surface area contributed by atoms with E-state index < -0.39 is 47.4 Å². The van der Waals surface area contributed by atoms with Gasteiger partial charge in [-0.25, -0.2) is 35.1 Å². The molecule has 0 atom stereocenters. The summed E-state index contributed by atoms with van der Waals surface area (Å²) in [6.07, 6.45) is 39.6. The zero-order valence-corrected chi connectivity index (χ0v) is 89.1. The summed E-state index contributed by atoms with van der Waals surface area (Å²) in [5, 5.41) is 0. The van der Waals surface area contributed by atoms with E-state index in [-0.39, 0.29) is 23.7 Å². The lowest BCUT2D eigenvalue weighted by molar-refractivity contribution is 0.00463. The van der Waals surface area contributed by atoms with Crippen molar-refractivity contribution in [1.29, 1.82) is 0 Å². The van der Waals surface area contributed by atoms with Crippen LogP contribution in [0.1, 0.15) is 400 Å². The molecule has 0 saturated carbocycles. The van der Waals surface area contributed by atoms with E-state index in [1.54, 1.807) is 26.0 Å². The van der Waals surface area contributed by atoms with Gasteiger partial charge in [0.2, 0.25) is 0 Å². The molecule has 0 spiro atoms. The van der Waals surface area contributed by atoms with Crippen LogP contribution in [0.3, 0.4) is 0 Å². The van der Waals surface area contributed by atoms with Crippen molar-refractivity contribution in [2.45, 2.75) is 423 Å². The predicted octanol–water partition coefficient (Wildman–Crippen LogP) is 40.7. The smallest absolute Gasteiger partial charge is 0.202 e. The molecule has 0 aromatic rings. The van der Waals surface area contributed by atoms with Crippen molar-refractivity contribution in [2.24, 2.45) is 142 Å². The van der Waals surface area contributed by atoms with Gasteiger partial charge in [-0.2, -0.15) is 0 Å². The lowest BCUT2D eigenvalue weighted by atomic mass is 9.98. The maximum absolute atomic E-state index is 13.1. The molecule has 0 nitrogen and oxygen atoms in total. The molecule has 0 aromatic carbocycles. The molecule has 0 aliphatic rings. The van der Waals surface area contributed by atoms with Crippen molar-refractivity contribution in [3.63, 3.8) is 0 Å². The monoisotopic (exact) mass is 1690 g/mol. The van der Waals surface area contributed by atoms with Crippen LogP contribution in [0.15, 0.2) is 143 Å². The first-order valence-electron chi connectivity index (χ1n) is 46.6. The molecule has 0 aliphatic heterocycles. The van der Waals surface area contributed by atoms with Gasteiger partial charge in [0.1, 0.15) is 0 Å². The molecule has 0 N–H and O–H groups in total. The highest BCUT2D eigenvalue weighted by atomic mass is 19.3. The summed E-state index contributed by atoms with van der Waals surface area (Å²) >= 11 is 0. The van der Waals surface area contributed by atoms with E-state index >= 15 is 0 Å². The molecule has 0 radical (unpaired) electrons. The van der Waals surface area contributed by atoms with Gasteiger partial charge in [0.05, 0.1) is 0 Å². The fourth-order valence-corrected chi connectivity index (χ4v) is 7.19. The van der Waals surface area contributed by atoms with Crippen LogP contribution >= 0.6 is 0 Å². The molecule has 0 heterocycles. The maximum Gasteiger partial charge on any atom is 0.268 e. The van der Waals surface area contributed by atoms with E-state index in [0.29, 0.717) is 59.2 Å². The highest BCUT2D eigenvalue weighted by Crippen LogP contribution is 2.31. The Bertz CT molecular complexity index is 2380. The zero-order valence-electron chi connectivity index (χ0n) is 89.1. The second kappa shape index (κ2) is 81.7. The molecular weight excluding hydrogens is 1470 g/mol. The number of hydrogen-bond donors (Lipinski definition) is 0. The number of rotatable bonds is 32. The standard InChI is InChI=1S/2C10H18F2.2C10H20.2C9H16F2.4C9H18.2C8H16/c2*1-7(2)9(5)6-10(11,12)8(3)4;2*1-8(2)6-7-10(5)9(3)4;2*1-7(2)5-6-9(10,11)8(3)4;2*1-7(2)6-9(5)8(3)4;2*1-8(2)6-5-7-9(3)4;2*1-7(2)5-6-8(3)4/h2*6-8H,1-5H3;2*7-9H,6H2,1-5H3;2*5-8H,1-4H3;2*6-8H,1-5H3;2*5-6,8-9H,7H2,1-4H3;2*5-8H,1-4H3/b9-6+;9-6-;10-7+;10-7-;6-5+;6-5-;9-6+;9-6-;6-5+;6-5-;6-5+;6-5-. The molecule has 0 aromatic heterocycles. The van der Waals surface area contributed by atoms with Crippen molar-refractivity contribution in [3.05, 3.63) is 143 Å². The number of alkyl halides is 8. The van der Waals surface area contributed by atoms with Crippen LogP contribution in [0, 0.1) is 142 Å². The Kier molecular flexibility index (Phi) is 97.0. The Hall–Kier alpha value is -3.68. The first kappa shape index (κ1) is 140.